The fourth-order valence-corrected chi connectivity index (χ4v) is 4.65. The maximum atomic E-state index is 11.6. The first-order valence-electron chi connectivity index (χ1n) is 11.2. The number of benzene rings is 1. The molecule has 2 aliphatic carbocycles. The van der Waals surface area contributed by atoms with Gasteiger partial charge in [-0.05, 0) is 90.0 Å². The Morgan fingerprint density at radius 2 is 1.79 bits per heavy atom. The second-order valence-corrected chi connectivity index (χ2v) is 10.7. The molecule has 1 aromatic carbocycles. The van der Waals surface area contributed by atoms with Crippen LogP contribution >= 0.6 is 0 Å². The van der Waals surface area contributed by atoms with Crippen molar-refractivity contribution in [3.8, 4) is 0 Å². The third-order valence-electron chi connectivity index (χ3n) is 6.79. The Hall–Kier alpha value is -1.83. The molecule has 3 rings (SSSR count). The highest BCUT2D eigenvalue weighted by molar-refractivity contribution is 5.83. The van der Waals surface area contributed by atoms with E-state index in [0.717, 1.165) is 12.0 Å². The lowest BCUT2D eigenvalue weighted by molar-refractivity contribution is -0.137. The van der Waals surface area contributed by atoms with Gasteiger partial charge in [-0.2, -0.15) is 0 Å². The van der Waals surface area contributed by atoms with E-state index in [4.69, 9.17) is 4.74 Å². The molecule has 0 heterocycles. The van der Waals surface area contributed by atoms with Crippen LogP contribution in [-0.4, -0.2) is 12.6 Å². The molecular formula is C27H38O2. The van der Waals surface area contributed by atoms with Gasteiger partial charge in [0.25, 0.3) is 0 Å². The molecule has 1 fully saturated rings. The van der Waals surface area contributed by atoms with Crippen LogP contribution in [0, 0.1) is 0 Å². The quantitative estimate of drug-likeness (QED) is 0.305. The molecule has 0 saturated heterocycles. The third-order valence-corrected chi connectivity index (χ3v) is 6.79. The van der Waals surface area contributed by atoms with Gasteiger partial charge in [0.1, 0.15) is 0 Å². The molecule has 0 aliphatic heterocycles. The number of fused-ring (bicyclic) bond motifs is 1. The number of esters is 1. The second-order valence-electron chi connectivity index (χ2n) is 10.7. The minimum atomic E-state index is -0.256. The van der Waals surface area contributed by atoms with E-state index >= 15 is 0 Å². The van der Waals surface area contributed by atoms with E-state index in [-0.39, 0.29) is 22.2 Å². The topological polar surface area (TPSA) is 26.3 Å². The Labute approximate surface area is 177 Å². The van der Waals surface area contributed by atoms with Crippen LogP contribution in [0.25, 0.3) is 0 Å². The fourth-order valence-electron chi connectivity index (χ4n) is 4.65. The van der Waals surface area contributed by atoms with Crippen molar-refractivity contribution in [1.82, 2.24) is 0 Å². The van der Waals surface area contributed by atoms with E-state index in [1.54, 1.807) is 22.8 Å². The summed E-state index contributed by atoms with van der Waals surface area (Å²) in [6.45, 7) is 16.0. The number of carbonyl (C=O) groups is 1. The maximum absolute atomic E-state index is 11.6. The Morgan fingerprint density at radius 3 is 2.38 bits per heavy atom. The first-order valence-corrected chi connectivity index (χ1v) is 11.2. The molecule has 29 heavy (non-hydrogen) atoms. The Kier molecular flexibility index (Phi) is 5.87. The number of hydrogen-bond acceptors (Lipinski definition) is 2. The highest BCUT2D eigenvalue weighted by atomic mass is 16.5. The summed E-state index contributed by atoms with van der Waals surface area (Å²) in [6.07, 6.45) is 11.9. The molecule has 0 amide bonds. The average molecular weight is 395 g/mol. The largest absolute Gasteiger partial charge is 0.463 e. The molecule has 0 atom stereocenters. The molecule has 158 valence electrons. The summed E-state index contributed by atoms with van der Waals surface area (Å²) in [4.78, 5) is 11.6. The summed E-state index contributed by atoms with van der Waals surface area (Å²) in [5, 5.41) is 0. The van der Waals surface area contributed by atoms with E-state index in [1.165, 1.54) is 31.2 Å². The minimum Gasteiger partial charge on any atom is -0.463 e. The zero-order valence-electron chi connectivity index (χ0n) is 19.4. The van der Waals surface area contributed by atoms with Crippen LogP contribution in [0.3, 0.4) is 0 Å². The van der Waals surface area contributed by atoms with Gasteiger partial charge >= 0.3 is 5.97 Å². The van der Waals surface area contributed by atoms with Crippen molar-refractivity contribution in [2.24, 2.45) is 0 Å². The van der Waals surface area contributed by atoms with Gasteiger partial charge in [-0.15, -0.1) is 0 Å². The second kappa shape index (κ2) is 7.78. The van der Waals surface area contributed by atoms with E-state index in [9.17, 15) is 4.79 Å². The highest BCUT2D eigenvalue weighted by Crippen LogP contribution is 2.56. The lowest BCUT2D eigenvalue weighted by Crippen LogP contribution is -2.19. The van der Waals surface area contributed by atoms with Gasteiger partial charge in [0.05, 0.1) is 6.61 Å². The SMILES string of the molecule is CCOC(=O)C=C(C)C=CCC1(c2cc(C(C)(C)C)cc3c2CCC3(C)C)CC1. The number of rotatable bonds is 6. The number of hydrogen-bond donors (Lipinski definition) is 0. The van der Waals surface area contributed by atoms with Gasteiger partial charge in [0, 0.05) is 6.08 Å². The molecule has 0 N–H and O–H groups in total. The van der Waals surface area contributed by atoms with Crippen LogP contribution in [0.15, 0.2) is 35.9 Å². The van der Waals surface area contributed by atoms with Crippen LogP contribution in [0.5, 0.6) is 0 Å². The van der Waals surface area contributed by atoms with Crippen LogP contribution in [0.2, 0.25) is 0 Å². The van der Waals surface area contributed by atoms with Crippen LogP contribution < -0.4 is 0 Å². The standard InChI is InChI=1S/C27H38O2/c1-8-29-24(28)16-19(2)10-9-12-27(14-15-27)23-18-20(25(3,4)5)17-22-21(23)11-13-26(22,6)7/h9-10,16-18H,8,11-15H2,1-7H3. The van der Waals surface area contributed by atoms with Crippen LogP contribution in [-0.2, 0) is 32.2 Å². The molecule has 2 nitrogen and oxygen atoms in total. The van der Waals surface area contributed by atoms with Crippen LogP contribution in [0.1, 0.15) is 96.4 Å². The molecule has 2 heteroatoms. The monoisotopic (exact) mass is 394 g/mol. The molecule has 0 spiro atoms. The van der Waals surface area contributed by atoms with Crippen molar-refractivity contribution in [3.05, 3.63) is 58.2 Å². The zero-order valence-corrected chi connectivity index (χ0v) is 19.4. The van der Waals surface area contributed by atoms with Gasteiger partial charge in [-0.25, -0.2) is 4.79 Å². The first-order chi connectivity index (χ1) is 13.5. The van der Waals surface area contributed by atoms with Crippen LogP contribution in [0.4, 0.5) is 0 Å². The van der Waals surface area contributed by atoms with Crippen molar-refractivity contribution in [2.75, 3.05) is 6.61 Å². The number of allylic oxidation sites excluding steroid dienone is 3. The third kappa shape index (κ3) is 4.68. The van der Waals surface area contributed by atoms with Crippen molar-refractivity contribution < 1.29 is 9.53 Å². The van der Waals surface area contributed by atoms with Crippen molar-refractivity contribution in [1.29, 1.82) is 0 Å². The summed E-state index contributed by atoms with van der Waals surface area (Å²) in [6, 6.07) is 5.01. The predicted octanol–water partition coefficient (Wildman–Crippen LogP) is 6.70. The molecule has 1 saturated carbocycles. The minimum absolute atomic E-state index is 0.160. The maximum Gasteiger partial charge on any atom is 0.330 e. The molecular weight excluding hydrogens is 356 g/mol. The first kappa shape index (κ1) is 21.9. The molecule has 0 unspecified atom stereocenters. The summed E-state index contributed by atoms with van der Waals surface area (Å²) in [5.74, 6) is -0.256. The van der Waals surface area contributed by atoms with E-state index in [1.807, 2.05) is 13.8 Å². The smallest absolute Gasteiger partial charge is 0.330 e. The summed E-state index contributed by atoms with van der Waals surface area (Å²) in [7, 11) is 0. The van der Waals surface area contributed by atoms with E-state index in [0.29, 0.717) is 6.61 Å². The Morgan fingerprint density at radius 1 is 1.14 bits per heavy atom. The zero-order chi connectivity index (χ0) is 21.4. The Bertz CT molecular complexity index is 842. The highest BCUT2D eigenvalue weighted by Gasteiger charge is 2.47. The molecule has 0 radical (unpaired) electrons. The number of carbonyl (C=O) groups excluding carboxylic acids is 1. The number of ether oxygens (including phenoxy) is 1. The summed E-state index contributed by atoms with van der Waals surface area (Å²) < 4.78 is 5.01. The van der Waals surface area contributed by atoms with Gasteiger partial charge in [0.2, 0.25) is 0 Å². The lowest BCUT2D eigenvalue weighted by atomic mass is 9.76. The van der Waals surface area contributed by atoms with Gasteiger partial charge in [-0.3, -0.25) is 0 Å². The normalized spacial score (nSPS) is 20.0. The molecule has 2 aliphatic rings. The Balaban J connectivity index is 1.89. The van der Waals surface area contributed by atoms with E-state index < -0.39 is 0 Å². The van der Waals surface area contributed by atoms with Gasteiger partial charge < -0.3 is 4.74 Å². The van der Waals surface area contributed by atoms with Gasteiger partial charge in [0.15, 0.2) is 0 Å². The average Bonchev–Trinajstić information content (AvgIpc) is 3.32. The predicted molar refractivity (Wildman–Crippen MR) is 122 cm³/mol. The van der Waals surface area contributed by atoms with Crippen molar-refractivity contribution in [2.45, 2.75) is 96.8 Å². The van der Waals surface area contributed by atoms with Crippen molar-refractivity contribution >= 4 is 5.97 Å². The lowest BCUT2D eigenvalue weighted by Gasteiger charge is -2.28. The summed E-state index contributed by atoms with van der Waals surface area (Å²) >= 11 is 0. The van der Waals surface area contributed by atoms with E-state index in [2.05, 4.69) is 58.9 Å². The van der Waals surface area contributed by atoms with Gasteiger partial charge in [-0.1, -0.05) is 58.9 Å². The molecule has 0 aromatic heterocycles. The summed E-state index contributed by atoms with van der Waals surface area (Å²) in [5.41, 5.74) is 7.93. The fraction of sp³-hybridized carbons (Fsp3) is 0.593. The molecule has 0 bridgehead atoms. The van der Waals surface area contributed by atoms with Crippen molar-refractivity contribution in [3.63, 3.8) is 0 Å². The molecule has 1 aromatic rings.